The fourth-order valence-electron chi connectivity index (χ4n) is 1.67. The molecule has 6 heteroatoms. The van der Waals surface area contributed by atoms with Gasteiger partial charge in [0.1, 0.15) is 0 Å². The number of rotatable bonds is 4. The standard InChI is InChI=1S/C12H12N2O4/c1-8-3-4-9-5-6-10(18-7-17-2)12(14(15)16)11(9)13-8/h3-6H,7H2,1-2H3. The molecule has 0 radical (unpaired) electrons. The van der Waals surface area contributed by atoms with E-state index in [2.05, 4.69) is 4.98 Å². The number of pyridine rings is 1. The molecule has 0 N–H and O–H groups in total. The van der Waals surface area contributed by atoms with Crippen molar-refractivity contribution in [3.05, 3.63) is 40.1 Å². The van der Waals surface area contributed by atoms with E-state index >= 15 is 0 Å². The molecule has 0 bridgehead atoms. The Balaban J connectivity index is 2.65. The third-order valence-electron chi connectivity index (χ3n) is 2.45. The summed E-state index contributed by atoms with van der Waals surface area (Å²) in [5.41, 5.74) is 0.913. The molecule has 1 heterocycles. The smallest absolute Gasteiger partial charge is 0.336 e. The normalized spacial score (nSPS) is 10.6. The van der Waals surface area contributed by atoms with Crippen molar-refractivity contribution in [3.8, 4) is 5.75 Å². The number of aryl methyl sites for hydroxylation is 1. The zero-order chi connectivity index (χ0) is 13.1. The Morgan fingerprint density at radius 2 is 2.06 bits per heavy atom. The van der Waals surface area contributed by atoms with Gasteiger partial charge in [0.05, 0.1) is 4.92 Å². The summed E-state index contributed by atoms with van der Waals surface area (Å²) in [4.78, 5) is 14.9. The summed E-state index contributed by atoms with van der Waals surface area (Å²) >= 11 is 0. The first-order valence-electron chi connectivity index (χ1n) is 5.30. The van der Waals surface area contributed by atoms with Gasteiger partial charge in [-0.05, 0) is 25.1 Å². The van der Waals surface area contributed by atoms with E-state index < -0.39 is 4.92 Å². The topological polar surface area (TPSA) is 74.5 Å². The van der Waals surface area contributed by atoms with Crippen LogP contribution in [0.25, 0.3) is 10.9 Å². The molecule has 6 nitrogen and oxygen atoms in total. The Labute approximate surface area is 103 Å². The van der Waals surface area contributed by atoms with Gasteiger partial charge in [0.15, 0.2) is 12.3 Å². The largest absolute Gasteiger partial charge is 0.460 e. The maximum Gasteiger partial charge on any atom is 0.336 e. The molecule has 0 fully saturated rings. The molecule has 0 aliphatic carbocycles. The van der Waals surface area contributed by atoms with Crippen molar-refractivity contribution in [1.82, 2.24) is 4.98 Å². The van der Waals surface area contributed by atoms with Gasteiger partial charge < -0.3 is 9.47 Å². The van der Waals surface area contributed by atoms with Gasteiger partial charge in [0.25, 0.3) is 0 Å². The summed E-state index contributed by atoms with van der Waals surface area (Å²) in [5.74, 6) is 0.160. The quantitative estimate of drug-likeness (QED) is 0.472. The average Bonchev–Trinajstić information content (AvgIpc) is 2.34. The summed E-state index contributed by atoms with van der Waals surface area (Å²) in [7, 11) is 1.45. The zero-order valence-corrected chi connectivity index (χ0v) is 10.0. The number of nitro groups is 1. The monoisotopic (exact) mass is 248 g/mol. The van der Waals surface area contributed by atoms with Crippen molar-refractivity contribution in [2.75, 3.05) is 13.9 Å². The van der Waals surface area contributed by atoms with Crippen molar-refractivity contribution in [1.29, 1.82) is 0 Å². The second kappa shape index (κ2) is 4.97. The van der Waals surface area contributed by atoms with Crippen LogP contribution in [0.1, 0.15) is 5.69 Å². The maximum atomic E-state index is 11.2. The molecule has 1 aromatic carbocycles. The second-order valence-corrected chi connectivity index (χ2v) is 3.74. The first kappa shape index (κ1) is 12.3. The highest BCUT2D eigenvalue weighted by Gasteiger charge is 2.21. The van der Waals surface area contributed by atoms with Crippen molar-refractivity contribution in [2.45, 2.75) is 6.92 Å². The Bertz CT molecular complexity index is 598. The van der Waals surface area contributed by atoms with Crippen LogP contribution < -0.4 is 4.74 Å². The molecule has 0 saturated heterocycles. The highest BCUT2D eigenvalue weighted by atomic mass is 16.7. The van der Waals surface area contributed by atoms with E-state index in [0.29, 0.717) is 10.9 Å². The molecule has 0 unspecified atom stereocenters. The number of hydrogen-bond acceptors (Lipinski definition) is 5. The first-order chi connectivity index (χ1) is 8.63. The van der Waals surface area contributed by atoms with Crippen LogP contribution in [0.15, 0.2) is 24.3 Å². The minimum Gasteiger partial charge on any atom is -0.460 e. The van der Waals surface area contributed by atoms with Crippen LogP contribution in [-0.2, 0) is 4.74 Å². The number of fused-ring (bicyclic) bond motifs is 1. The van der Waals surface area contributed by atoms with Gasteiger partial charge in [-0.15, -0.1) is 0 Å². The number of nitro benzene ring substituents is 1. The lowest BCUT2D eigenvalue weighted by atomic mass is 10.1. The molecule has 1 aromatic heterocycles. The van der Waals surface area contributed by atoms with E-state index in [0.717, 1.165) is 5.69 Å². The van der Waals surface area contributed by atoms with E-state index in [1.165, 1.54) is 7.11 Å². The van der Waals surface area contributed by atoms with Crippen LogP contribution in [0.5, 0.6) is 5.75 Å². The SMILES string of the molecule is COCOc1ccc2ccc(C)nc2c1[N+](=O)[O-]. The number of hydrogen-bond donors (Lipinski definition) is 0. The van der Waals surface area contributed by atoms with Crippen LogP contribution >= 0.6 is 0 Å². The van der Waals surface area contributed by atoms with Gasteiger partial charge in [-0.2, -0.15) is 0 Å². The summed E-state index contributed by atoms with van der Waals surface area (Å²) in [6.07, 6.45) is 0. The molecular formula is C12H12N2O4. The van der Waals surface area contributed by atoms with E-state index in [1.807, 2.05) is 6.07 Å². The van der Waals surface area contributed by atoms with Crippen LogP contribution in [0.3, 0.4) is 0 Å². The molecule has 0 aliphatic rings. The van der Waals surface area contributed by atoms with Crippen molar-refractivity contribution in [3.63, 3.8) is 0 Å². The molecule has 0 aliphatic heterocycles. The van der Waals surface area contributed by atoms with E-state index in [9.17, 15) is 10.1 Å². The Morgan fingerprint density at radius 3 is 2.72 bits per heavy atom. The van der Waals surface area contributed by atoms with Crippen molar-refractivity contribution >= 4 is 16.6 Å². The van der Waals surface area contributed by atoms with Crippen LogP contribution in [-0.4, -0.2) is 23.8 Å². The molecule has 0 spiro atoms. The van der Waals surface area contributed by atoms with Gasteiger partial charge in [-0.25, -0.2) is 4.98 Å². The Hall–Kier alpha value is -2.21. The minimum absolute atomic E-state index is 0.0435. The predicted octanol–water partition coefficient (Wildman–Crippen LogP) is 2.43. The number of nitrogens with zero attached hydrogens (tertiary/aromatic N) is 2. The number of aromatic nitrogens is 1. The minimum atomic E-state index is -0.486. The van der Waals surface area contributed by atoms with Crippen molar-refractivity contribution in [2.24, 2.45) is 0 Å². The van der Waals surface area contributed by atoms with Crippen LogP contribution in [0.4, 0.5) is 5.69 Å². The lowest BCUT2D eigenvalue weighted by Gasteiger charge is -2.07. The summed E-state index contributed by atoms with van der Waals surface area (Å²) in [5, 5.41) is 11.9. The molecular weight excluding hydrogens is 236 g/mol. The van der Waals surface area contributed by atoms with Gasteiger partial charge in [-0.1, -0.05) is 6.07 Å². The van der Waals surface area contributed by atoms with Crippen LogP contribution in [0, 0.1) is 17.0 Å². The maximum absolute atomic E-state index is 11.2. The van der Waals surface area contributed by atoms with Gasteiger partial charge in [0.2, 0.25) is 5.75 Å². The van der Waals surface area contributed by atoms with Gasteiger partial charge in [-0.3, -0.25) is 10.1 Å². The lowest BCUT2D eigenvalue weighted by molar-refractivity contribution is -0.384. The summed E-state index contributed by atoms with van der Waals surface area (Å²) in [6, 6.07) is 6.89. The Kier molecular flexibility index (Phi) is 3.38. The summed E-state index contributed by atoms with van der Waals surface area (Å²) < 4.78 is 9.94. The number of methoxy groups -OCH3 is 1. The van der Waals surface area contributed by atoms with Crippen LogP contribution in [0.2, 0.25) is 0 Å². The summed E-state index contributed by atoms with van der Waals surface area (Å²) in [6.45, 7) is 1.74. The molecule has 18 heavy (non-hydrogen) atoms. The fraction of sp³-hybridized carbons (Fsp3) is 0.250. The highest BCUT2D eigenvalue weighted by Crippen LogP contribution is 2.34. The second-order valence-electron chi connectivity index (χ2n) is 3.74. The third kappa shape index (κ3) is 2.23. The highest BCUT2D eigenvalue weighted by molar-refractivity contribution is 5.90. The molecule has 0 amide bonds. The molecule has 0 atom stereocenters. The number of ether oxygens (including phenoxy) is 2. The molecule has 0 saturated carbocycles. The van der Waals surface area contributed by atoms with Crippen molar-refractivity contribution < 1.29 is 14.4 Å². The Morgan fingerprint density at radius 1 is 1.33 bits per heavy atom. The fourth-order valence-corrected chi connectivity index (χ4v) is 1.67. The lowest BCUT2D eigenvalue weighted by Crippen LogP contribution is -2.03. The van der Waals surface area contributed by atoms with Gasteiger partial charge in [0, 0.05) is 18.2 Å². The third-order valence-corrected chi connectivity index (χ3v) is 2.45. The molecule has 94 valence electrons. The van der Waals surface area contributed by atoms with E-state index in [-0.39, 0.29) is 18.2 Å². The predicted molar refractivity (Wildman–Crippen MR) is 65.6 cm³/mol. The van der Waals surface area contributed by atoms with Gasteiger partial charge >= 0.3 is 5.69 Å². The van der Waals surface area contributed by atoms with E-state index in [4.69, 9.17) is 9.47 Å². The molecule has 2 rings (SSSR count). The number of benzene rings is 1. The average molecular weight is 248 g/mol. The zero-order valence-electron chi connectivity index (χ0n) is 10.0. The van der Waals surface area contributed by atoms with E-state index in [1.54, 1.807) is 25.1 Å². The first-order valence-corrected chi connectivity index (χ1v) is 5.30. The molecule has 2 aromatic rings.